The van der Waals surface area contributed by atoms with Gasteiger partial charge in [-0.05, 0) is 50.6 Å². The summed E-state index contributed by atoms with van der Waals surface area (Å²) in [7, 11) is 1.63. The number of ether oxygens (including phenoxy) is 1. The van der Waals surface area contributed by atoms with E-state index < -0.39 is 0 Å². The topological polar surface area (TPSA) is 56.1 Å². The van der Waals surface area contributed by atoms with Gasteiger partial charge in [0.05, 0.1) is 25.4 Å². The van der Waals surface area contributed by atoms with Crippen molar-refractivity contribution < 1.29 is 9.53 Å². The molecule has 1 atom stereocenters. The van der Waals surface area contributed by atoms with E-state index in [1.165, 1.54) is 0 Å². The number of methoxy groups -OCH3 is 1. The Labute approximate surface area is 160 Å². The predicted octanol–water partition coefficient (Wildman–Crippen LogP) is 4.05. The highest BCUT2D eigenvalue weighted by atomic mass is 16.5. The molecular formula is C22H25N3O2. The molecule has 0 aliphatic carbocycles. The lowest BCUT2D eigenvalue weighted by molar-refractivity contribution is 0.0939. The van der Waals surface area contributed by atoms with Gasteiger partial charge in [0, 0.05) is 16.8 Å². The van der Waals surface area contributed by atoms with Crippen molar-refractivity contribution in [2.75, 3.05) is 7.11 Å². The van der Waals surface area contributed by atoms with Crippen LogP contribution >= 0.6 is 0 Å². The molecule has 0 saturated heterocycles. The molecule has 2 aromatic carbocycles. The highest BCUT2D eigenvalue weighted by Crippen LogP contribution is 2.24. The van der Waals surface area contributed by atoms with E-state index >= 15 is 0 Å². The SMILES string of the molecule is COc1ccccc1[C@@H](C)NC(=O)c1ccc(Cn2nc(C)cc2C)cc1. The quantitative estimate of drug-likeness (QED) is 0.719. The van der Waals surface area contributed by atoms with Gasteiger partial charge in [0.25, 0.3) is 5.91 Å². The van der Waals surface area contributed by atoms with Crippen LogP contribution in [0, 0.1) is 13.8 Å². The summed E-state index contributed by atoms with van der Waals surface area (Å²) in [6.45, 7) is 6.67. The Morgan fingerprint density at radius 1 is 1.15 bits per heavy atom. The number of aryl methyl sites for hydroxylation is 2. The smallest absolute Gasteiger partial charge is 0.251 e. The number of aromatic nitrogens is 2. The third kappa shape index (κ3) is 4.37. The standard InChI is InChI=1S/C22H25N3O2/c1-15-13-16(2)25(24-15)14-18-9-11-19(12-10-18)22(26)23-17(3)20-7-5-6-8-21(20)27-4/h5-13,17H,14H2,1-4H3,(H,23,26)/t17-/m1/s1. The molecule has 0 spiro atoms. The number of amides is 1. The van der Waals surface area contributed by atoms with Crippen molar-refractivity contribution in [1.29, 1.82) is 0 Å². The predicted molar refractivity (Wildman–Crippen MR) is 106 cm³/mol. The first-order valence-electron chi connectivity index (χ1n) is 9.01. The van der Waals surface area contributed by atoms with E-state index in [-0.39, 0.29) is 11.9 Å². The summed E-state index contributed by atoms with van der Waals surface area (Å²) in [6, 6.07) is 17.3. The molecule has 0 fully saturated rings. The number of benzene rings is 2. The van der Waals surface area contributed by atoms with Gasteiger partial charge in [0.15, 0.2) is 0 Å². The van der Waals surface area contributed by atoms with Gasteiger partial charge in [0.1, 0.15) is 5.75 Å². The van der Waals surface area contributed by atoms with E-state index in [0.29, 0.717) is 12.1 Å². The molecule has 1 aromatic heterocycles. The van der Waals surface area contributed by atoms with E-state index in [1.54, 1.807) is 7.11 Å². The lowest BCUT2D eigenvalue weighted by Gasteiger charge is -2.17. The Bertz CT molecular complexity index is 929. The summed E-state index contributed by atoms with van der Waals surface area (Å²) in [5.74, 6) is 0.664. The van der Waals surface area contributed by atoms with Crippen LogP contribution in [0.25, 0.3) is 0 Å². The van der Waals surface area contributed by atoms with Crippen molar-refractivity contribution in [3.63, 3.8) is 0 Å². The average Bonchev–Trinajstić information content (AvgIpc) is 2.99. The number of carbonyl (C=O) groups excluding carboxylic acids is 1. The zero-order chi connectivity index (χ0) is 19.4. The molecule has 1 amide bonds. The lowest BCUT2D eigenvalue weighted by atomic mass is 10.1. The summed E-state index contributed by atoms with van der Waals surface area (Å²) in [4.78, 5) is 12.6. The highest BCUT2D eigenvalue weighted by molar-refractivity contribution is 5.94. The van der Waals surface area contributed by atoms with Gasteiger partial charge >= 0.3 is 0 Å². The van der Waals surface area contributed by atoms with Gasteiger partial charge in [-0.1, -0.05) is 30.3 Å². The van der Waals surface area contributed by atoms with Crippen molar-refractivity contribution in [2.24, 2.45) is 0 Å². The molecular weight excluding hydrogens is 338 g/mol. The molecule has 3 rings (SSSR count). The Hall–Kier alpha value is -3.08. The summed E-state index contributed by atoms with van der Waals surface area (Å²) in [5.41, 5.74) is 4.83. The molecule has 0 unspecified atom stereocenters. The molecule has 1 heterocycles. The third-order valence-corrected chi connectivity index (χ3v) is 4.60. The first-order chi connectivity index (χ1) is 13.0. The summed E-state index contributed by atoms with van der Waals surface area (Å²) in [6.07, 6.45) is 0. The van der Waals surface area contributed by atoms with E-state index in [0.717, 1.165) is 28.3 Å². The molecule has 3 aromatic rings. The molecule has 0 aliphatic heterocycles. The van der Waals surface area contributed by atoms with Gasteiger partial charge in [-0.3, -0.25) is 9.48 Å². The summed E-state index contributed by atoms with van der Waals surface area (Å²) < 4.78 is 7.34. The Kier molecular flexibility index (Phi) is 5.60. The van der Waals surface area contributed by atoms with E-state index in [2.05, 4.69) is 16.5 Å². The van der Waals surface area contributed by atoms with Gasteiger partial charge in [-0.25, -0.2) is 0 Å². The molecule has 1 N–H and O–H groups in total. The Balaban J connectivity index is 1.67. The van der Waals surface area contributed by atoms with E-state index in [9.17, 15) is 4.79 Å². The van der Waals surface area contributed by atoms with Crippen LogP contribution in [0.1, 0.15) is 45.8 Å². The number of hydrogen-bond acceptors (Lipinski definition) is 3. The van der Waals surface area contributed by atoms with Crippen LogP contribution in [0.15, 0.2) is 54.6 Å². The fourth-order valence-corrected chi connectivity index (χ4v) is 3.15. The molecule has 140 valence electrons. The Morgan fingerprint density at radius 2 is 1.85 bits per heavy atom. The molecule has 0 saturated carbocycles. The highest BCUT2D eigenvalue weighted by Gasteiger charge is 2.15. The maximum absolute atomic E-state index is 12.6. The fourth-order valence-electron chi connectivity index (χ4n) is 3.15. The van der Waals surface area contributed by atoms with E-state index in [4.69, 9.17) is 4.74 Å². The molecule has 0 aliphatic rings. The van der Waals surface area contributed by atoms with Crippen molar-refractivity contribution >= 4 is 5.91 Å². The largest absolute Gasteiger partial charge is 0.496 e. The van der Waals surface area contributed by atoms with Crippen molar-refractivity contribution in [1.82, 2.24) is 15.1 Å². The minimum absolute atomic E-state index is 0.105. The van der Waals surface area contributed by atoms with Crippen LogP contribution in [-0.4, -0.2) is 22.8 Å². The average molecular weight is 363 g/mol. The second-order valence-electron chi connectivity index (χ2n) is 6.72. The number of nitrogens with zero attached hydrogens (tertiary/aromatic N) is 2. The van der Waals surface area contributed by atoms with Crippen LogP contribution in [-0.2, 0) is 6.54 Å². The van der Waals surface area contributed by atoms with Crippen molar-refractivity contribution in [3.8, 4) is 5.75 Å². The maximum Gasteiger partial charge on any atom is 0.251 e. The van der Waals surface area contributed by atoms with Gasteiger partial charge in [-0.2, -0.15) is 5.10 Å². The molecule has 5 nitrogen and oxygen atoms in total. The van der Waals surface area contributed by atoms with Crippen LogP contribution in [0.2, 0.25) is 0 Å². The van der Waals surface area contributed by atoms with Crippen LogP contribution in [0.3, 0.4) is 0 Å². The monoisotopic (exact) mass is 363 g/mol. The van der Waals surface area contributed by atoms with Crippen LogP contribution in [0.4, 0.5) is 0 Å². The number of nitrogens with one attached hydrogen (secondary N) is 1. The number of para-hydroxylation sites is 1. The molecule has 5 heteroatoms. The zero-order valence-corrected chi connectivity index (χ0v) is 16.2. The second-order valence-corrected chi connectivity index (χ2v) is 6.72. The fraction of sp³-hybridized carbons (Fsp3) is 0.273. The number of carbonyl (C=O) groups is 1. The van der Waals surface area contributed by atoms with Crippen LogP contribution in [0.5, 0.6) is 5.75 Å². The van der Waals surface area contributed by atoms with Crippen molar-refractivity contribution in [2.45, 2.75) is 33.4 Å². The van der Waals surface area contributed by atoms with Crippen molar-refractivity contribution in [3.05, 3.63) is 82.7 Å². The number of hydrogen-bond donors (Lipinski definition) is 1. The van der Waals surface area contributed by atoms with E-state index in [1.807, 2.05) is 74.0 Å². The second kappa shape index (κ2) is 8.08. The number of rotatable bonds is 6. The van der Waals surface area contributed by atoms with Gasteiger partial charge in [-0.15, -0.1) is 0 Å². The summed E-state index contributed by atoms with van der Waals surface area (Å²) in [5, 5.41) is 7.51. The van der Waals surface area contributed by atoms with Crippen LogP contribution < -0.4 is 10.1 Å². The van der Waals surface area contributed by atoms with Gasteiger partial charge < -0.3 is 10.1 Å². The molecule has 0 bridgehead atoms. The molecule has 27 heavy (non-hydrogen) atoms. The zero-order valence-electron chi connectivity index (χ0n) is 16.2. The van der Waals surface area contributed by atoms with Gasteiger partial charge in [0.2, 0.25) is 0 Å². The third-order valence-electron chi connectivity index (χ3n) is 4.60. The molecule has 0 radical (unpaired) electrons. The minimum atomic E-state index is -0.150. The Morgan fingerprint density at radius 3 is 2.48 bits per heavy atom. The first kappa shape index (κ1) is 18.7. The first-order valence-corrected chi connectivity index (χ1v) is 9.01. The lowest BCUT2D eigenvalue weighted by Crippen LogP contribution is -2.26. The maximum atomic E-state index is 12.6. The minimum Gasteiger partial charge on any atom is -0.496 e. The normalized spacial score (nSPS) is 11.9. The summed E-state index contributed by atoms with van der Waals surface area (Å²) >= 11 is 0.